The molecule has 29 heavy (non-hydrogen) atoms. The molecule has 2 aromatic heterocycles. The van der Waals surface area contributed by atoms with Crippen LogP contribution in [0.25, 0.3) is 10.1 Å². The molecule has 1 aliphatic heterocycles. The third-order valence-electron chi connectivity index (χ3n) is 4.90. The van der Waals surface area contributed by atoms with Gasteiger partial charge in [-0.3, -0.25) is 9.48 Å². The summed E-state index contributed by atoms with van der Waals surface area (Å²) in [5.41, 5.74) is 0.760. The Morgan fingerprint density at radius 2 is 2.07 bits per heavy atom. The molecule has 4 rings (SSSR count). The lowest BCUT2D eigenvalue weighted by Crippen LogP contribution is -2.42. The number of morpholine rings is 1. The van der Waals surface area contributed by atoms with Crippen LogP contribution in [0, 0.1) is 0 Å². The molecule has 1 amide bonds. The normalized spacial score (nSPS) is 18.2. The summed E-state index contributed by atoms with van der Waals surface area (Å²) in [7, 11) is 1.40. The minimum atomic E-state index is -3.69. The lowest BCUT2D eigenvalue weighted by atomic mass is 10.0. The maximum Gasteiger partial charge on any atom is 0.263 e. The fraction of sp³-hybridized carbons (Fsp3) is 0.368. The number of amides is 1. The van der Waals surface area contributed by atoms with E-state index < -0.39 is 16.1 Å². The molecule has 3 aromatic rings. The summed E-state index contributed by atoms with van der Waals surface area (Å²) < 4.78 is 35.9. The summed E-state index contributed by atoms with van der Waals surface area (Å²) in [5, 5.41) is 4.90. The van der Waals surface area contributed by atoms with Crippen molar-refractivity contribution < 1.29 is 17.9 Å². The van der Waals surface area contributed by atoms with Crippen LogP contribution in [-0.2, 0) is 21.8 Å². The number of thiophene rings is 1. The molecule has 10 heteroatoms. The topological polar surface area (TPSA) is 84.7 Å². The van der Waals surface area contributed by atoms with Crippen molar-refractivity contribution >= 4 is 37.4 Å². The Morgan fingerprint density at radius 1 is 1.31 bits per heavy atom. The van der Waals surface area contributed by atoms with E-state index in [4.69, 9.17) is 4.74 Å². The Kier molecular flexibility index (Phi) is 5.19. The maximum absolute atomic E-state index is 13.1. The first-order valence-electron chi connectivity index (χ1n) is 9.12. The molecule has 0 radical (unpaired) electrons. The first-order chi connectivity index (χ1) is 13.8. The molecule has 8 nitrogen and oxygen atoms in total. The number of nitrogens with zero attached hydrogens (tertiary/aromatic N) is 4. The van der Waals surface area contributed by atoms with Gasteiger partial charge in [-0.25, -0.2) is 8.42 Å². The van der Waals surface area contributed by atoms with Crippen molar-refractivity contribution in [3.05, 3.63) is 47.1 Å². The summed E-state index contributed by atoms with van der Waals surface area (Å²) in [5.74, 6) is -0.114. The molecule has 0 spiro atoms. The summed E-state index contributed by atoms with van der Waals surface area (Å²) in [4.78, 5) is 15.1. The number of ether oxygens (including phenoxy) is 1. The van der Waals surface area contributed by atoms with Crippen molar-refractivity contribution in [1.82, 2.24) is 19.0 Å². The van der Waals surface area contributed by atoms with Crippen molar-refractivity contribution in [2.75, 3.05) is 33.8 Å². The molecule has 1 saturated heterocycles. The van der Waals surface area contributed by atoms with Crippen molar-refractivity contribution in [2.45, 2.75) is 11.0 Å². The van der Waals surface area contributed by atoms with Gasteiger partial charge in [-0.2, -0.15) is 9.40 Å². The second kappa shape index (κ2) is 7.52. The average molecular weight is 435 g/mol. The Labute approximate surface area is 173 Å². The predicted molar refractivity (Wildman–Crippen MR) is 111 cm³/mol. The van der Waals surface area contributed by atoms with Crippen LogP contribution in [0.4, 0.5) is 0 Å². The van der Waals surface area contributed by atoms with Gasteiger partial charge in [-0.05, 0) is 11.5 Å². The quantitative estimate of drug-likeness (QED) is 0.628. The Morgan fingerprint density at radius 3 is 2.76 bits per heavy atom. The van der Waals surface area contributed by atoms with E-state index >= 15 is 0 Å². The van der Waals surface area contributed by atoms with Crippen LogP contribution in [0.1, 0.15) is 21.3 Å². The molecule has 0 N–H and O–H groups in total. The first kappa shape index (κ1) is 20.0. The molecule has 0 aliphatic carbocycles. The lowest BCUT2D eigenvalue weighted by molar-refractivity contribution is -0.00203. The maximum atomic E-state index is 13.1. The second-order valence-corrected chi connectivity index (χ2v) is 10.1. The highest BCUT2D eigenvalue weighted by Crippen LogP contribution is 2.39. The molecule has 1 aromatic carbocycles. The molecule has 1 fully saturated rings. The van der Waals surface area contributed by atoms with Gasteiger partial charge in [-0.15, -0.1) is 11.3 Å². The van der Waals surface area contributed by atoms with Crippen LogP contribution in [-0.4, -0.2) is 67.1 Å². The first-order valence-corrected chi connectivity index (χ1v) is 11.4. The van der Waals surface area contributed by atoms with E-state index in [2.05, 4.69) is 5.10 Å². The van der Waals surface area contributed by atoms with Crippen LogP contribution in [0.2, 0.25) is 0 Å². The number of rotatable bonds is 4. The molecule has 0 unspecified atom stereocenters. The van der Waals surface area contributed by atoms with Crippen LogP contribution >= 0.6 is 11.3 Å². The van der Waals surface area contributed by atoms with E-state index in [1.165, 1.54) is 37.6 Å². The van der Waals surface area contributed by atoms with Gasteiger partial charge in [0, 0.05) is 50.7 Å². The largest absolute Gasteiger partial charge is 0.371 e. The number of aromatic nitrogens is 2. The summed E-state index contributed by atoms with van der Waals surface area (Å²) in [6, 6.07) is 7.75. The molecule has 1 atom stereocenters. The Hall–Kier alpha value is -2.27. The van der Waals surface area contributed by atoms with Gasteiger partial charge in [0.2, 0.25) is 10.0 Å². The van der Waals surface area contributed by atoms with Gasteiger partial charge in [0.15, 0.2) is 0 Å². The highest BCUT2D eigenvalue weighted by molar-refractivity contribution is 7.89. The van der Waals surface area contributed by atoms with E-state index in [9.17, 15) is 13.2 Å². The summed E-state index contributed by atoms with van der Waals surface area (Å²) >= 11 is 1.41. The average Bonchev–Trinajstić information content (AvgIpc) is 3.31. The van der Waals surface area contributed by atoms with Gasteiger partial charge in [0.25, 0.3) is 5.91 Å². The summed E-state index contributed by atoms with van der Waals surface area (Å²) in [6.07, 6.45) is 2.31. The van der Waals surface area contributed by atoms with Gasteiger partial charge < -0.3 is 9.64 Å². The zero-order valence-corrected chi connectivity index (χ0v) is 18.0. The Balaban J connectivity index is 1.74. The number of carbonyl (C=O) groups is 1. The number of carbonyl (C=O) groups excluding carboxylic acids is 1. The highest BCUT2D eigenvalue weighted by Gasteiger charge is 2.35. The molecule has 0 bridgehead atoms. The third kappa shape index (κ3) is 3.57. The van der Waals surface area contributed by atoms with Crippen LogP contribution < -0.4 is 0 Å². The van der Waals surface area contributed by atoms with Crippen LogP contribution in [0.3, 0.4) is 0 Å². The standard InChI is InChI=1S/C19H22N4O4S2/c1-21(2)19(24)18-17(14-6-4-5-7-16(14)28-18)15-12-23(8-9-27-15)29(25,26)13-10-20-22(3)11-13/h4-7,10-11,15H,8-9,12H2,1-3H3/t15-/m0/s1. The molecular weight excluding hydrogens is 412 g/mol. The van der Waals surface area contributed by atoms with Crippen LogP contribution in [0.5, 0.6) is 0 Å². The van der Waals surface area contributed by atoms with Crippen LogP contribution in [0.15, 0.2) is 41.6 Å². The van der Waals surface area contributed by atoms with E-state index in [0.29, 0.717) is 4.88 Å². The SMILES string of the molecule is CN(C)C(=O)c1sc2ccccc2c1[C@@H]1CN(S(=O)(=O)c2cnn(C)c2)CCO1. The van der Waals surface area contributed by atoms with Gasteiger partial charge in [0.05, 0.1) is 23.8 Å². The number of hydrogen-bond acceptors (Lipinski definition) is 6. The minimum absolute atomic E-state index is 0.114. The van der Waals surface area contributed by atoms with E-state index in [1.807, 2.05) is 24.3 Å². The predicted octanol–water partition coefficient (Wildman–Crippen LogP) is 2.10. The van der Waals surface area contributed by atoms with E-state index in [-0.39, 0.29) is 30.5 Å². The molecule has 0 saturated carbocycles. The van der Waals surface area contributed by atoms with E-state index in [0.717, 1.165) is 15.6 Å². The smallest absolute Gasteiger partial charge is 0.263 e. The lowest BCUT2D eigenvalue weighted by Gasteiger charge is -2.32. The van der Waals surface area contributed by atoms with Crippen molar-refractivity contribution in [1.29, 1.82) is 0 Å². The second-order valence-electron chi connectivity index (χ2n) is 7.11. The fourth-order valence-electron chi connectivity index (χ4n) is 3.45. The Bertz CT molecular complexity index is 1170. The number of sulfonamides is 1. The molecular formula is C19H22N4O4S2. The number of aryl methyl sites for hydroxylation is 1. The number of hydrogen-bond donors (Lipinski definition) is 0. The number of benzene rings is 1. The molecule has 154 valence electrons. The summed E-state index contributed by atoms with van der Waals surface area (Å²) in [6.45, 7) is 0.655. The van der Waals surface area contributed by atoms with Gasteiger partial charge in [0.1, 0.15) is 4.90 Å². The zero-order valence-electron chi connectivity index (χ0n) is 16.4. The van der Waals surface area contributed by atoms with Gasteiger partial charge in [-0.1, -0.05) is 18.2 Å². The highest BCUT2D eigenvalue weighted by atomic mass is 32.2. The van der Waals surface area contributed by atoms with Crippen molar-refractivity contribution in [3.63, 3.8) is 0 Å². The third-order valence-corrected chi connectivity index (χ3v) is 7.90. The monoisotopic (exact) mass is 434 g/mol. The minimum Gasteiger partial charge on any atom is -0.371 e. The van der Waals surface area contributed by atoms with Crippen molar-refractivity contribution in [3.8, 4) is 0 Å². The molecule has 1 aliphatic rings. The number of fused-ring (bicyclic) bond motifs is 1. The molecule has 3 heterocycles. The van der Waals surface area contributed by atoms with Gasteiger partial charge >= 0.3 is 0 Å². The zero-order chi connectivity index (χ0) is 20.8. The fourth-order valence-corrected chi connectivity index (χ4v) is 6.13. The van der Waals surface area contributed by atoms with Crippen molar-refractivity contribution in [2.24, 2.45) is 7.05 Å². The van der Waals surface area contributed by atoms with E-state index in [1.54, 1.807) is 21.1 Å².